The highest BCUT2D eigenvalue weighted by Crippen LogP contribution is 2.23. The zero-order valence-corrected chi connectivity index (χ0v) is 12.5. The van der Waals surface area contributed by atoms with Crippen molar-refractivity contribution in [2.45, 2.75) is 51.9 Å². The van der Waals surface area contributed by atoms with E-state index in [1.54, 1.807) is 6.07 Å². The summed E-state index contributed by atoms with van der Waals surface area (Å²) in [6, 6.07) is 5.07. The molecule has 2 rings (SSSR count). The predicted molar refractivity (Wildman–Crippen MR) is 77.7 cm³/mol. The molecule has 1 aliphatic rings. The van der Waals surface area contributed by atoms with Crippen LogP contribution in [0.15, 0.2) is 18.2 Å². The normalized spacial score (nSPS) is 22.4. The summed E-state index contributed by atoms with van der Waals surface area (Å²) in [5.41, 5.74) is 0.820. The first-order chi connectivity index (χ1) is 9.54. The van der Waals surface area contributed by atoms with Gasteiger partial charge in [-0.2, -0.15) is 0 Å². The Hall–Kier alpha value is -1.13. The maximum Gasteiger partial charge on any atom is 0.123 e. The first-order valence-corrected chi connectivity index (χ1v) is 7.32. The number of rotatable bonds is 6. The smallest absolute Gasteiger partial charge is 0.123 e. The number of halogens is 1. The summed E-state index contributed by atoms with van der Waals surface area (Å²) in [5, 5.41) is 3.39. The number of aryl methyl sites for hydroxylation is 1. The van der Waals surface area contributed by atoms with Gasteiger partial charge in [0, 0.05) is 12.6 Å². The average molecular weight is 281 g/mol. The van der Waals surface area contributed by atoms with Crippen molar-refractivity contribution < 1.29 is 13.9 Å². The molecule has 112 valence electrons. The molecule has 2 atom stereocenters. The van der Waals surface area contributed by atoms with E-state index < -0.39 is 0 Å². The lowest BCUT2D eigenvalue weighted by Crippen LogP contribution is -2.32. The van der Waals surface area contributed by atoms with Gasteiger partial charge >= 0.3 is 0 Å². The minimum absolute atomic E-state index is 0.137. The molecule has 3 nitrogen and oxygen atoms in total. The molecule has 0 radical (unpaired) electrons. The zero-order chi connectivity index (χ0) is 14.5. The van der Waals surface area contributed by atoms with Crippen molar-refractivity contribution in [2.24, 2.45) is 0 Å². The summed E-state index contributed by atoms with van der Waals surface area (Å²) in [4.78, 5) is 0. The van der Waals surface area contributed by atoms with Crippen LogP contribution in [0.25, 0.3) is 0 Å². The third-order valence-electron chi connectivity index (χ3n) is 3.51. The van der Waals surface area contributed by atoms with Gasteiger partial charge in [0.15, 0.2) is 0 Å². The monoisotopic (exact) mass is 281 g/mol. The summed E-state index contributed by atoms with van der Waals surface area (Å²) in [6.07, 6.45) is 2.50. The maximum atomic E-state index is 13.0. The van der Waals surface area contributed by atoms with Crippen LogP contribution in [0.4, 0.5) is 4.39 Å². The molecule has 0 aromatic heterocycles. The lowest BCUT2D eigenvalue weighted by molar-refractivity contribution is 0.0177. The molecule has 4 heteroatoms. The Morgan fingerprint density at radius 2 is 2.10 bits per heavy atom. The molecule has 1 aliphatic heterocycles. The van der Waals surface area contributed by atoms with Crippen LogP contribution in [-0.4, -0.2) is 31.4 Å². The van der Waals surface area contributed by atoms with E-state index in [4.69, 9.17) is 9.47 Å². The second-order valence-electron chi connectivity index (χ2n) is 5.74. The Kier molecular flexibility index (Phi) is 5.38. The van der Waals surface area contributed by atoms with Crippen LogP contribution >= 0.6 is 0 Å². The molecule has 0 aliphatic carbocycles. The second kappa shape index (κ2) is 7.04. The van der Waals surface area contributed by atoms with Crippen molar-refractivity contribution in [3.8, 4) is 5.75 Å². The minimum atomic E-state index is -0.230. The van der Waals surface area contributed by atoms with E-state index in [9.17, 15) is 4.39 Å². The van der Waals surface area contributed by atoms with Gasteiger partial charge in [-0.25, -0.2) is 4.39 Å². The Bertz CT molecular complexity index is 436. The van der Waals surface area contributed by atoms with Gasteiger partial charge in [-0.05, 0) is 43.5 Å². The minimum Gasteiger partial charge on any atom is -0.491 e. The zero-order valence-electron chi connectivity index (χ0n) is 12.5. The Balaban J connectivity index is 1.75. The molecule has 2 unspecified atom stereocenters. The largest absolute Gasteiger partial charge is 0.491 e. The fourth-order valence-corrected chi connectivity index (χ4v) is 2.38. The number of nitrogens with one attached hydrogen (secondary N) is 1. The van der Waals surface area contributed by atoms with Crippen LogP contribution in [0.5, 0.6) is 5.75 Å². The van der Waals surface area contributed by atoms with Gasteiger partial charge in [-0.1, -0.05) is 13.8 Å². The topological polar surface area (TPSA) is 30.5 Å². The van der Waals surface area contributed by atoms with Crippen molar-refractivity contribution >= 4 is 0 Å². The van der Waals surface area contributed by atoms with Crippen LogP contribution in [-0.2, 0) is 4.74 Å². The molecule has 1 fully saturated rings. The van der Waals surface area contributed by atoms with Gasteiger partial charge in [0.2, 0.25) is 0 Å². The van der Waals surface area contributed by atoms with Gasteiger partial charge in [-0.15, -0.1) is 0 Å². The molecule has 0 spiro atoms. The standard InChI is InChI=1S/C16H24FNO2/c1-11(2)18-9-14-5-6-15(20-14)10-19-16-7-4-13(17)8-12(16)3/h4,7-8,11,14-15,18H,5-6,9-10H2,1-3H3. The molecule has 0 amide bonds. The number of hydrogen-bond acceptors (Lipinski definition) is 3. The Labute approximate surface area is 120 Å². The van der Waals surface area contributed by atoms with Crippen LogP contribution in [0.1, 0.15) is 32.3 Å². The highest BCUT2D eigenvalue weighted by atomic mass is 19.1. The number of ether oxygens (including phenoxy) is 2. The van der Waals surface area contributed by atoms with Crippen LogP contribution in [0.2, 0.25) is 0 Å². The SMILES string of the molecule is Cc1cc(F)ccc1OCC1CCC(CNC(C)C)O1. The molecule has 20 heavy (non-hydrogen) atoms. The van der Waals surface area contributed by atoms with Crippen molar-refractivity contribution in [2.75, 3.05) is 13.2 Å². The van der Waals surface area contributed by atoms with E-state index in [2.05, 4.69) is 19.2 Å². The number of hydrogen-bond donors (Lipinski definition) is 1. The average Bonchev–Trinajstić information content (AvgIpc) is 2.83. The van der Waals surface area contributed by atoms with Crippen molar-refractivity contribution in [1.29, 1.82) is 0 Å². The first kappa shape index (κ1) is 15.3. The summed E-state index contributed by atoms with van der Waals surface area (Å²) in [5.74, 6) is 0.505. The van der Waals surface area contributed by atoms with Crippen LogP contribution < -0.4 is 10.1 Å². The Morgan fingerprint density at radius 3 is 2.80 bits per heavy atom. The maximum absolute atomic E-state index is 13.0. The van der Waals surface area contributed by atoms with Crippen LogP contribution in [0, 0.1) is 12.7 Å². The molecule has 0 bridgehead atoms. The highest BCUT2D eigenvalue weighted by Gasteiger charge is 2.25. The molecule has 0 saturated carbocycles. The number of benzene rings is 1. The second-order valence-corrected chi connectivity index (χ2v) is 5.74. The van der Waals surface area contributed by atoms with Crippen molar-refractivity contribution in [3.63, 3.8) is 0 Å². The highest BCUT2D eigenvalue weighted by molar-refractivity contribution is 5.32. The van der Waals surface area contributed by atoms with Crippen molar-refractivity contribution in [1.82, 2.24) is 5.32 Å². The lowest BCUT2D eigenvalue weighted by atomic mass is 10.2. The summed E-state index contributed by atoms with van der Waals surface area (Å²) < 4.78 is 24.7. The Morgan fingerprint density at radius 1 is 1.35 bits per heavy atom. The van der Waals surface area contributed by atoms with Crippen LogP contribution in [0.3, 0.4) is 0 Å². The fourth-order valence-electron chi connectivity index (χ4n) is 2.38. The molecular weight excluding hydrogens is 257 g/mol. The third kappa shape index (κ3) is 4.46. The van der Waals surface area contributed by atoms with E-state index in [0.29, 0.717) is 12.6 Å². The van der Waals surface area contributed by atoms with E-state index in [1.165, 1.54) is 12.1 Å². The van der Waals surface area contributed by atoms with Gasteiger partial charge in [0.25, 0.3) is 0 Å². The van der Waals surface area contributed by atoms with Gasteiger partial charge in [0.05, 0.1) is 12.2 Å². The molecule has 1 aromatic carbocycles. The summed E-state index contributed by atoms with van der Waals surface area (Å²) in [6.45, 7) is 7.54. The predicted octanol–water partition coefficient (Wildman–Crippen LogP) is 3.06. The molecule has 1 aromatic rings. The fraction of sp³-hybridized carbons (Fsp3) is 0.625. The van der Waals surface area contributed by atoms with Gasteiger partial charge in [0.1, 0.15) is 18.2 Å². The summed E-state index contributed by atoms with van der Waals surface area (Å²) >= 11 is 0. The summed E-state index contributed by atoms with van der Waals surface area (Å²) in [7, 11) is 0. The quantitative estimate of drug-likeness (QED) is 0.869. The van der Waals surface area contributed by atoms with Crippen molar-refractivity contribution in [3.05, 3.63) is 29.6 Å². The van der Waals surface area contributed by atoms with E-state index >= 15 is 0 Å². The third-order valence-corrected chi connectivity index (χ3v) is 3.51. The van der Waals surface area contributed by atoms with E-state index in [0.717, 1.165) is 30.7 Å². The first-order valence-electron chi connectivity index (χ1n) is 7.32. The molecule has 1 N–H and O–H groups in total. The van der Waals surface area contributed by atoms with Gasteiger partial charge in [-0.3, -0.25) is 0 Å². The molecule has 1 saturated heterocycles. The van der Waals surface area contributed by atoms with E-state index in [1.807, 2.05) is 6.92 Å². The van der Waals surface area contributed by atoms with E-state index in [-0.39, 0.29) is 18.0 Å². The van der Waals surface area contributed by atoms with Gasteiger partial charge < -0.3 is 14.8 Å². The lowest BCUT2D eigenvalue weighted by Gasteiger charge is -2.17. The molecular formula is C16H24FNO2. The molecule has 1 heterocycles.